The average molecular weight is 352 g/mol. The summed E-state index contributed by atoms with van der Waals surface area (Å²) in [6, 6.07) is 9.79. The molecule has 0 bridgehead atoms. The van der Waals surface area contributed by atoms with E-state index in [1.807, 2.05) is 48.6 Å². The molecule has 1 amide bonds. The van der Waals surface area contributed by atoms with E-state index in [0.717, 1.165) is 33.4 Å². The normalized spacial score (nSPS) is 11.3. The van der Waals surface area contributed by atoms with E-state index >= 15 is 0 Å². The quantitative estimate of drug-likeness (QED) is 0.565. The van der Waals surface area contributed by atoms with Crippen molar-refractivity contribution in [3.63, 3.8) is 0 Å². The van der Waals surface area contributed by atoms with E-state index in [2.05, 4.69) is 15.5 Å². The van der Waals surface area contributed by atoms with Crippen LogP contribution in [0.2, 0.25) is 0 Å². The number of nitrogens with zero attached hydrogens (tertiary/aromatic N) is 3. The first-order valence-electron chi connectivity index (χ1n) is 7.81. The smallest absolute Gasteiger partial charge is 0.234 e. The number of amides is 1. The van der Waals surface area contributed by atoms with Gasteiger partial charge in [0.05, 0.1) is 23.0 Å². The van der Waals surface area contributed by atoms with Crippen molar-refractivity contribution in [2.45, 2.75) is 18.9 Å². The lowest BCUT2D eigenvalue weighted by atomic mass is 10.1. The van der Waals surface area contributed by atoms with Crippen molar-refractivity contribution < 1.29 is 9.21 Å². The molecule has 3 heterocycles. The summed E-state index contributed by atoms with van der Waals surface area (Å²) < 4.78 is 7.34. The largest absolute Gasteiger partial charge is 0.463 e. The molecule has 0 saturated carbocycles. The minimum Gasteiger partial charge on any atom is -0.463 e. The molecule has 6 nitrogen and oxygen atoms in total. The summed E-state index contributed by atoms with van der Waals surface area (Å²) in [5.74, 6) is 0.187. The first kappa shape index (κ1) is 15.7. The topological polar surface area (TPSA) is 72.4 Å². The highest BCUT2D eigenvalue weighted by atomic mass is 32.2. The first-order valence-corrected chi connectivity index (χ1v) is 8.80. The molecule has 126 valence electrons. The molecule has 0 fully saturated rings. The second-order valence-corrected chi connectivity index (χ2v) is 6.83. The van der Waals surface area contributed by atoms with Gasteiger partial charge in [-0.1, -0.05) is 23.9 Å². The van der Waals surface area contributed by atoms with Crippen LogP contribution in [0.15, 0.2) is 52.4 Å². The van der Waals surface area contributed by atoms with E-state index in [1.54, 1.807) is 12.6 Å². The van der Waals surface area contributed by atoms with Gasteiger partial charge in [-0.2, -0.15) is 0 Å². The number of nitrogens with one attached hydrogen (secondary N) is 1. The molecular formula is C18H16N4O2S. The highest BCUT2D eigenvalue weighted by molar-refractivity contribution is 8.00. The number of aryl methyl sites for hydroxylation is 2. The molecule has 4 aromatic rings. The Morgan fingerprint density at radius 1 is 1.24 bits per heavy atom. The van der Waals surface area contributed by atoms with Gasteiger partial charge in [0.1, 0.15) is 11.4 Å². The van der Waals surface area contributed by atoms with Gasteiger partial charge in [-0.05, 0) is 31.0 Å². The van der Waals surface area contributed by atoms with Gasteiger partial charge in [-0.3, -0.25) is 9.20 Å². The van der Waals surface area contributed by atoms with Gasteiger partial charge in [0, 0.05) is 17.8 Å². The molecule has 0 radical (unpaired) electrons. The van der Waals surface area contributed by atoms with Crippen LogP contribution >= 0.6 is 11.8 Å². The van der Waals surface area contributed by atoms with Gasteiger partial charge < -0.3 is 9.73 Å². The third kappa shape index (κ3) is 2.98. The Morgan fingerprint density at radius 3 is 3.00 bits per heavy atom. The van der Waals surface area contributed by atoms with Crippen LogP contribution in [0.4, 0.5) is 5.69 Å². The van der Waals surface area contributed by atoms with Gasteiger partial charge in [-0.15, -0.1) is 10.2 Å². The summed E-state index contributed by atoms with van der Waals surface area (Å²) in [7, 11) is 0. The summed E-state index contributed by atoms with van der Waals surface area (Å²) in [4.78, 5) is 12.3. The van der Waals surface area contributed by atoms with Crippen LogP contribution in [0.25, 0.3) is 16.6 Å². The number of carbonyl (C=O) groups excluding carboxylic acids is 1. The summed E-state index contributed by atoms with van der Waals surface area (Å²) in [5.41, 5.74) is 5.59. The Labute approximate surface area is 148 Å². The second-order valence-electron chi connectivity index (χ2n) is 5.86. The van der Waals surface area contributed by atoms with E-state index in [0.29, 0.717) is 5.03 Å². The van der Waals surface area contributed by atoms with Gasteiger partial charge in [0.15, 0.2) is 5.58 Å². The third-order valence-electron chi connectivity index (χ3n) is 4.00. The number of carbonyl (C=O) groups is 1. The number of fused-ring (bicyclic) bond motifs is 3. The van der Waals surface area contributed by atoms with Crippen LogP contribution in [0, 0.1) is 13.8 Å². The van der Waals surface area contributed by atoms with Gasteiger partial charge in [0.25, 0.3) is 0 Å². The van der Waals surface area contributed by atoms with Crippen molar-refractivity contribution in [1.29, 1.82) is 0 Å². The minimum atomic E-state index is -0.0715. The highest BCUT2D eigenvalue weighted by Gasteiger charge is 2.13. The maximum Gasteiger partial charge on any atom is 0.234 e. The lowest BCUT2D eigenvalue weighted by Crippen LogP contribution is -2.15. The van der Waals surface area contributed by atoms with Crippen molar-refractivity contribution in [2.75, 3.05) is 11.1 Å². The molecule has 0 atom stereocenters. The summed E-state index contributed by atoms with van der Waals surface area (Å²) in [6.45, 7) is 3.98. The predicted molar refractivity (Wildman–Crippen MR) is 98.0 cm³/mol. The van der Waals surface area contributed by atoms with Crippen LogP contribution < -0.4 is 5.32 Å². The minimum absolute atomic E-state index is 0.0715. The van der Waals surface area contributed by atoms with Crippen LogP contribution in [0.1, 0.15) is 11.1 Å². The standard InChI is InChI=1S/C18H16N4O2S/c1-11-3-4-12(2)13(7-11)20-17(23)9-25-18-15-8-16-14(5-6-24-16)22(15)10-19-21-18/h3-8,10H,9H2,1-2H3,(H,20,23). The fraction of sp³-hybridized carbons (Fsp3) is 0.167. The Hall–Kier alpha value is -2.80. The zero-order valence-corrected chi connectivity index (χ0v) is 14.6. The van der Waals surface area contributed by atoms with E-state index in [4.69, 9.17) is 4.42 Å². The monoisotopic (exact) mass is 352 g/mol. The molecule has 0 aliphatic carbocycles. The maximum atomic E-state index is 12.3. The fourth-order valence-corrected chi connectivity index (χ4v) is 3.46. The lowest BCUT2D eigenvalue weighted by molar-refractivity contribution is -0.113. The Kier molecular flexibility index (Phi) is 3.93. The van der Waals surface area contributed by atoms with Crippen molar-refractivity contribution in [2.24, 2.45) is 0 Å². The first-order chi connectivity index (χ1) is 12.1. The Bertz CT molecular complexity index is 1080. The summed E-state index contributed by atoms with van der Waals surface area (Å²) in [6.07, 6.45) is 3.29. The number of hydrogen-bond donors (Lipinski definition) is 1. The van der Waals surface area contributed by atoms with Crippen LogP contribution in [0.5, 0.6) is 0 Å². The summed E-state index contributed by atoms with van der Waals surface area (Å²) in [5, 5.41) is 11.8. The van der Waals surface area contributed by atoms with Crippen molar-refractivity contribution in [3.05, 3.63) is 54.0 Å². The second kappa shape index (κ2) is 6.25. The third-order valence-corrected chi connectivity index (χ3v) is 4.97. The van der Waals surface area contributed by atoms with Crippen LogP contribution in [-0.4, -0.2) is 26.3 Å². The van der Waals surface area contributed by atoms with E-state index in [1.165, 1.54) is 11.8 Å². The summed E-state index contributed by atoms with van der Waals surface area (Å²) >= 11 is 1.36. The van der Waals surface area contributed by atoms with Gasteiger partial charge in [0.2, 0.25) is 5.91 Å². The average Bonchev–Trinajstić information content (AvgIpc) is 3.18. The van der Waals surface area contributed by atoms with Gasteiger partial charge in [-0.25, -0.2) is 0 Å². The molecule has 0 aliphatic heterocycles. The molecule has 0 aliphatic rings. The Balaban J connectivity index is 1.52. The van der Waals surface area contributed by atoms with Gasteiger partial charge >= 0.3 is 0 Å². The molecule has 0 spiro atoms. The zero-order chi connectivity index (χ0) is 17.4. The molecule has 25 heavy (non-hydrogen) atoms. The molecule has 1 aromatic carbocycles. The van der Waals surface area contributed by atoms with E-state index < -0.39 is 0 Å². The van der Waals surface area contributed by atoms with Crippen molar-refractivity contribution in [1.82, 2.24) is 14.6 Å². The number of thioether (sulfide) groups is 1. The lowest BCUT2D eigenvalue weighted by Gasteiger charge is -2.09. The van der Waals surface area contributed by atoms with Crippen LogP contribution in [0.3, 0.4) is 0 Å². The fourth-order valence-electron chi connectivity index (χ4n) is 2.71. The van der Waals surface area contributed by atoms with E-state index in [-0.39, 0.29) is 11.7 Å². The van der Waals surface area contributed by atoms with E-state index in [9.17, 15) is 4.79 Å². The Morgan fingerprint density at radius 2 is 2.12 bits per heavy atom. The van der Waals surface area contributed by atoms with Crippen molar-refractivity contribution in [3.8, 4) is 0 Å². The maximum absolute atomic E-state index is 12.3. The van der Waals surface area contributed by atoms with Crippen molar-refractivity contribution >= 4 is 40.0 Å². The number of furan rings is 1. The molecule has 1 N–H and O–H groups in total. The molecular weight excluding hydrogens is 336 g/mol. The number of anilines is 1. The molecule has 0 unspecified atom stereocenters. The zero-order valence-electron chi connectivity index (χ0n) is 13.8. The van der Waals surface area contributed by atoms with Crippen LogP contribution in [-0.2, 0) is 4.79 Å². The molecule has 7 heteroatoms. The SMILES string of the molecule is Cc1ccc(C)c(NC(=O)CSc2nncn3c2cc2occc23)c1. The predicted octanol–water partition coefficient (Wildman–Crippen LogP) is 3.82. The highest BCUT2D eigenvalue weighted by Crippen LogP contribution is 2.27. The number of aromatic nitrogens is 3. The molecule has 4 rings (SSSR count). The number of benzene rings is 1. The number of rotatable bonds is 4. The molecule has 0 saturated heterocycles. The number of hydrogen-bond acceptors (Lipinski definition) is 5. The molecule has 3 aromatic heterocycles.